The van der Waals surface area contributed by atoms with Crippen molar-refractivity contribution in [3.05, 3.63) is 82.8 Å². The maximum absolute atomic E-state index is 12.8. The predicted octanol–water partition coefficient (Wildman–Crippen LogP) is 4.67. The number of nitrogens with one attached hydrogen (secondary N) is 1. The van der Waals surface area contributed by atoms with E-state index in [2.05, 4.69) is 28.0 Å². The number of benzene rings is 3. The third-order valence-corrected chi connectivity index (χ3v) is 5.83. The molecule has 0 aliphatic rings. The molecular weight excluding hydrogens is 440 g/mol. The molecule has 0 saturated heterocycles. The summed E-state index contributed by atoms with van der Waals surface area (Å²) in [7, 11) is -3.60. The van der Waals surface area contributed by atoms with Gasteiger partial charge in [0.2, 0.25) is 5.69 Å². The highest BCUT2D eigenvalue weighted by Crippen LogP contribution is 2.32. The van der Waals surface area contributed by atoms with Crippen molar-refractivity contribution in [1.29, 1.82) is 0 Å². The third kappa shape index (κ3) is 4.37. The van der Waals surface area contributed by atoms with Crippen molar-refractivity contribution in [2.24, 2.45) is 0 Å². The summed E-state index contributed by atoms with van der Waals surface area (Å²) in [5.74, 6) is -0.360. The third-order valence-electron chi connectivity index (χ3n) is 4.14. The molecule has 0 aliphatic heterocycles. The van der Waals surface area contributed by atoms with Crippen LogP contribution in [0.1, 0.15) is 10.4 Å². The number of amides is 1. The summed E-state index contributed by atoms with van der Waals surface area (Å²) < 4.78 is 25.5. The van der Waals surface area contributed by atoms with E-state index in [1.807, 2.05) is 36.4 Å². The van der Waals surface area contributed by atoms with Crippen molar-refractivity contribution >= 4 is 50.0 Å². The maximum Gasteiger partial charge on any atom is 0.366 e. The topological polar surface area (TPSA) is 66.2 Å². The van der Waals surface area contributed by atoms with Gasteiger partial charge in [-0.3, -0.25) is 4.79 Å². The van der Waals surface area contributed by atoms with Crippen LogP contribution in [0.2, 0.25) is 0 Å². The second kappa shape index (κ2) is 8.08. The van der Waals surface area contributed by atoms with E-state index in [9.17, 15) is 13.2 Å². The average Bonchev–Trinajstić information content (AvgIpc) is 2.67. The maximum atomic E-state index is 12.8. The SMILES string of the molecule is C=[N+](c1ccc(-c2ccccc2)cc1NC(=O)c1ccccc1Br)S(C)(=O)=O. The summed E-state index contributed by atoms with van der Waals surface area (Å²) >= 11 is 3.36. The number of anilines is 1. The van der Waals surface area contributed by atoms with E-state index < -0.39 is 10.0 Å². The first kappa shape index (κ1) is 20.0. The summed E-state index contributed by atoms with van der Waals surface area (Å²) in [4.78, 5) is 12.8. The van der Waals surface area contributed by atoms with Crippen molar-refractivity contribution in [1.82, 2.24) is 0 Å². The lowest BCUT2D eigenvalue weighted by atomic mass is 10.0. The second-order valence-electron chi connectivity index (χ2n) is 6.14. The van der Waals surface area contributed by atoms with E-state index in [0.717, 1.165) is 21.4 Å². The van der Waals surface area contributed by atoms with Crippen LogP contribution in [0.25, 0.3) is 11.1 Å². The zero-order valence-electron chi connectivity index (χ0n) is 15.1. The van der Waals surface area contributed by atoms with Gasteiger partial charge in [0.15, 0.2) is 6.72 Å². The standard InChI is InChI=1S/C21H17BrN2O3S/c1-24(28(2,26)27)20-13-12-16(15-8-4-3-5-9-15)14-19(20)23-21(25)17-10-6-7-11-18(17)22/h3-14H,1H2,2H3/p+1. The smallest absolute Gasteiger partial charge is 0.316 e. The molecule has 0 saturated carbocycles. The molecule has 3 rings (SSSR count). The fraction of sp³-hybridized carbons (Fsp3) is 0.0476. The molecule has 0 atom stereocenters. The molecule has 142 valence electrons. The Morgan fingerprint density at radius 1 is 0.964 bits per heavy atom. The molecule has 0 unspecified atom stereocenters. The highest BCUT2D eigenvalue weighted by atomic mass is 79.9. The Balaban J connectivity index is 2.08. The second-order valence-corrected chi connectivity index (χ2v) is 8.90. The van der Waals surface area contributed by atoms with Crippen molar-refractivity contribution in [2.75, 3.05) is 11.6 Å². The Morgan fingerprint density at radius 3 is 2.25 bits per heavy atom. The summed E-state index contributed by atoms with van der Waals surface area (Å²) in [6, 6.07) is 21.8. The van der Waals surface area contributed by atoms with Gasteiger partial charge in [-0.25, -0.2) is 0 Å². The zero-order valence-corrected chi connectivity index (χ0v) is 17.5. The first-order valence-electron chi connectivity index (χ1n) is 8.33. The highest BCUT2D eigenvalue weighted by molar-refractivity contribution is 9.10. The van der Waals surface area contributed by atoms with E-state index >= 15 is 0 Å². The molecule has 28 heavy (non-hydrogen) atoms. The predicted molar refractivity (Wildman–Crippen MR) is 116 cm³/mol. The number of carbonyl (C=O) groups is 1. The number of carbonyl (C=O) groups excluding carboxylic acids is 1. The minimum absolute atomic E-state index is 0.280. The average molecular weight is 458 g/mol. The molecule has 3 aromatic rings. The molecule has 1 N–H and O–H groups in total. The number of nitrogens with zero attached hydrogens (tertiary/aromatic N) is 1. The molecule has 0 fully saturated rings. The molecule has 0 heterocycles. The lowest BCUT2D eigenvalue weighted by Gasteiger charge is -2.11. The van der Waals surface area contributed by atoms with Gasteiger partial charge in [-0.2, -0.15) is 8.42 Å². The molecule has 7 heteroatoms. The van der Waals surface area contributed by atoms with E-state index in [-0.39, 0.29) is 11.6 Å². The van der Waals surface area contributed by atoms with Crippen LogP contribution in [-0.2, 0) is 10.0 Å². The summed E-state index contributed by atoms with van der Waals surface area (Å²) in [6.07, 6.45) is 1.06. The van der Waals surface area contributed by atoms with Crippen molar-refractivity contribution in [2.45, 2.75) is 0 Å². The van der Waals surface area contributed by atoms with Crippen LogP contribution in [0.4, 0.5) is 11.4 Å². The molecule has 1 amide bonds. The fourth-order valence-electron chi connectivity index (χ4n) is 2.68. The Kier molecular flexibility index (Phi) is 5.76. The van der Waals surface area contributed by atoms with Gasteiger partial charge in [0.1, 0.15) is 5.69 Å². The molecule has 3 aromatic carbocycles. The quantitative estimate of drug-likeness (QED) is 0.446. The molecule has 0 aromatic heterocycles. The van der Waals surface area contributed by atoms with E-state index in [1.54, 1.807) is 36.4 Å². The van der Waals surface area contributed by atoms with E-state index in [1.165, 1.54) is 0 Å². The lowest BCUT2D eigenvalue weighted by molar-refractivity contribution is -0.247. The molecule has 5 nitrogen and oxygen atoms in total. The van der Waals surface area contributed by atoms with Gasteiger partial charge in [-0.15, -0.1) is 0 Å². The van der Waals surface area contributed by atoms with E-state index in [0.29, 0.717) is 15.7 Å². The first-order valence-corrected chi connectivity index (χ1v) is 11.0. The van der Waals surface area contributed by atoms with Gasteiger partial charge >= 0.3 is 10.0 Å². The van der Waals surface area contributed by atoms with Crippen molar-refractivity contribution in [3.63, 3.8) is 0 Å². The van der Waals surface area contributed by atoms with Gasteiger partial charge in [0.25, 0.3) is 5.91 Å². The Morgan fingerprint density at radius 2 is 1.61 bits per heavy atom. The number of halogens is 1. The highest BCUT2D eigenvalue weighted by Gasteiger charge is 2.24. The van der Waals surface area contributed by atoms with Gasteiger partial charge in [-0.05, 0) is 51.3 Å². The summed E-state index contributed by atoms with van der Waals surface area (Å²) in [6.45, 7) is 3.63. The van der Waals surface area contributed by atoms with Crippen LogP contribution < -0.4 is 5.32 Å². The normalized spacial score (nSPS) is 11.1. The van der Waals surface area contributed by atoms with Crippen molar-refractivity contribution < 1.29 is 17.2 Å². The van der Waals surface area contributed by atoms with Gasteiger partial charge < -0.3 is 5.32 Å². The summed E-state index contributed by atoms with van der Waals surface area (Å²) in [5, 5.41) is 2.82. The molecule has 0 radical (unpaired) electrons. The zero-order chi connectivity index (χ0) is 20.3. The molecule has 0 spiro atoms. The Hall–Kier alpha value is -2.77. The minimum atomic E-state index is -3.60. The molecule has 0 bridgehead atoms. The van der Waals surface area contributed by atoms with Crippen LogP contribution in [0, 0.1) is 0 Å². The van der Waals surface area contributed by atoms with Gasteiger partial charge in [-0.1, -0.05) is 46.4 Å². The monoisotopic (exact) mass is 457 g/mol. The first-order chi connectivity index (χ1) is 13.3. The number of hydrogen-bond acceptors (Lipinski definition) is 3. The Bertz CT molecular complexity index is 1160. The lowest BCUT2D eigenvalue weighted by Crippen LogP contribution is -2.17. The van der Waals surface area contributed by atoms with Gasteiger partial charge in [0.05, 0.1) is 11.8 Å². The van der Waals surface area contributed by atoms with Gasteiger partial charge in [0, 0.05) is 10.5 Å². The number of rotatable bonds is 5. The van der Waals surface area contributed by atoms with Crippen LogP contribution in [0.15, 0.2) is 77.3 Å². The van der Waals surface area contributed by atoms with Crippen molar-refractivity contribution in [3.8, 4) is 11.1 Å². The fourth-order valence-corrected chi connectivity index (χ4v) is 3.66. The number of sulfonamides is 1. The minimum Gasteiger partial charge on any atom is -0.316 e. The van der Waals surface area contributed by atoms with E-state index in [4.69, 9.17) is 0 Å². The largest absolute Gasteiger partial charge is 0.366 e. The number of hydrogen-bond donors (Lipinski definition) is 1. The van der Waals surface area contributed by atoms with Crippen LogP contribution in [0.5, 0.6) is 0 Å². The Labute approximate surface area is 172 Å². The van der Waals surface area contributed by atoms with Crippen LogP contribution in [-0.4, -0.2) is 31.3 Å². The molecular formula is C21H18BrN2O3S+. The summed E-state index contributed by atoms with van der Waals surface area (Å²) in [5.41, 5.74) is 2.85. The van der Waals surface area contributed by atoms with Crippen LogP contribution in [0.3, 0.4) is 0 Å². The van der Waals surface area contributed by atoms with Crippen LogP contribution >= 0.6 is 15.9 Å². The molecule has 0 aliphatic carbocycles.